The smallest absolute Gasteiger partial charge is 0.153 e. The predicted octanol–water partition coefficient (Wildman–Crippen LogP) is 2.21. The van der Waals surface area contributed by atoms with Gasteiger partial charge in [0.1, 0.15) is 0 Å². The number of rotatable bonds is 1. The minimum atomic E-state index is -1.20. The molecular formula is C9H13FN2S. The summed E-state index contributed by atoms with van der Waals surface area (Å²) in [6.45, 7) is 0. The normalized spacial score (nSPS) is 34.8. The number of thiazole rings is 1. The molecule has 0 amide bonds. The number of aromatic nitrogens is 1. The molecule has 0 unspecified atom stereocenters. The van der Waals surface area contributed by atoms with Crippen molar-refractivity contribution in [2.75, 3.05) is 0 Å². The fraction of sp³-hybridized carbons (Fsp3) is 0.667. The van der Waals surface area contributed by atoms with Gasteiger partial charge in [-0.2, -0.15) is 0 Å². The molecule has 0 atom stereocenters. The Kier molecular flexibility index (Phi) is 2.34. The van der Waals surface area contributed by atoms with Crippen LogP contribution in [0.15, 0.2) is 10.9 Å². The van der Waals surface area contributed by atoms with Crippen molar-refractivity contribution in [3.63, 3.8) is 0 Å². The second-order valence-electron chi connectivity index (χ2n) is 3.68. The molecule has 0 aliphatic heterocycles. The van der Waals surface area contributed by atoms with Crippen molar-refractivity contribution in [1.29, 1.82) is 0 Å². The molecule has 1 heterocycles. The first-order valence-corrected chi connectivity index (χ1v) is 5.48. The van der Waals surface area contributed by atoms with E-state index in [9.17, 15) is 4.39 Å². The number of hydrogen-bond acceptors (Lipinski definition) is 3. The second-order valence-corrected chi connectivity index (χ2v) is 4.40. The molecule has 0 spiro atoms. The summed E-state index contributed by atoms with van der Waals surface area (Å²) >= 11 is 1.45. The van der Waals surface area contributed by atoms with Crippen LogP contribution in [0.25, 0.3) is 0 Å². The lowest BCUT2D eigenvalue weighted by Crippen LogP contribution is -2.34. The highest BCUT2D eigenvalue weighted by atomic mass is 32.1. The number of alkyl halides is 1. The van der Waals surface area contributed by atoms with Crippen LogP contribution < -0.4 is 5.73 Å². The molecule has 72 valence electrons. The van der Waals surface area contributed by atoms with Crippen LogP contribution >= 0.6 is 11.3 Å². The Hall–Kier alpha value is -0.480. The molecule has 0 saturated heterocycles. The summed E-state index contributed by atoms with van der Waals surface area (Å²) in [6.07, 6.45) is 2.60. The molecule has 1 saturated carbocycles. The fourth-order valence-electron chi connectivity index (χ4n) is 1.79. The lowest BCUT2D eigenvalue weighted by atomic mass is 9.82. The van der Waals surface area contributed by atoms with Gasteiger partial charge in [-0.1, -0.05) is 0 Å². The minimum Gasteiger partial charge on any atom is -0.328 e. The molecular weight excluding hydrogens is 187 g/mol. The zero-order valence-corrected chi connectivity index (χ0v) is 8.19. The van der Waals surface area contributed by atoms with Crippen molar-refractivity contribution in [3.8, 4) is 0 Å². The van der Waals surface area contributed by atoms with Crippen molar-refractivity contribution >= 4 is 11.3 Å². The lowest BCUT2D eigenvalue weighted by molar-refractivity contribution is 0.0937. The van der Waals surface area contributed by atoms with Gasteiger partial charge in [0, 0.05) is 11.4 Å². The maximum absolute atomic E-state index is 14.2. The zero-order chi connectivity index (χ0) is 9.31. The van der Waals surface area contributed by atoms with Gasteiger partial charge in [0.05, 0.1) is 11.2 Å². The first-order valence-electron chi connectivity index (χ1n) is 4.54. The van der Waals surface area contributed by atoms with E-state index in [-0.39, 0.29) is 6.04 Å². The molecule has 0 aromatic carbocycles. The molecule has 0 bridgehead atoms. The Balaban J connectivity index is 2.13. The highest BCUT2D eigenvalue weighted by molar-refractivity contribution is 7.07. The molecule has 1 aromatic heterocycles. The summed E-state index contributed by atoms with van der Waals surface area (Å²) in [5, 5.41) is 1.80. The van der Waals surface area contributed by atoms with Crippen LogP contribution in [0.5, 0.6) is 0 Å². The molecule has 13 heavy (non-hydrogen) atoms. The number of nitrogens with two attached hydrogens (primary N) is 1. The largest absolute Gasteiger partial charge is 0.328 e. The Labute approximate surface area is 81.0 Å². The van der Waals surface area contributed by atoms with E-state index in [2.05, 4.69) is 4.98 Å². The van der Waals surface area contributed by atoms with Gasteiger partial charge in [-0.3, -0.25) is 0 Å². The summed E-state index contributed by atoms with van der Waals surface area (Å²) in [7, 11) is 0. The molecule has 1 aromatic rings. The van der Waals surface area contributed by atoms with Crippen LogP contribution in [0.4, 0.5) is 4.39 Å². The van der Waals surface area contributed by atoms with Gasteiger partial charge >= 0.3 is 0 Å². The Morgan fingerprint density at radius 3 is 2.77 bits per heavy atom. The summed E-state index contributed by atoms with van der Waals surface area (Å²) in [6, 6.07) is 0.183. The average molecular weight is 200 g/mol. The van der Waals surface area contributed by atoms with Gasteiger partial charge in [-0.25, -0.2) is 9.37 Å². The van der Waals surface area contributed by atoms with Crippen molar-refractivity contribution in [3.05, 3.63) is 16.6 Å². The van der Waals surface area contributed by atoms with Crippen LogP contribution in [0.1, 0.15) is 31.4 Å². The van der Waals surface area contributed by atoms with Crippen molar-refractivity contribution in [1.82, 2.24) is 4.98 Å². The summed E-state index contributed by atoms with van der Waals surface area (Å²) < 4.78 is 14.2. The Bertz CT molecular complexity index is 265. The van der Waals surface area contributed by atoms with E-state index in [0.717, 1.165) is 12.8 Å². The predicted molar refractivity (Wildman–Crippen MR) is 51.3 cm³/mol. The monoisotopic (exact) mass is 200 g/mol. The zero-order valence-electron chi connectivity index (χ0n) is 7.37. The third-order valence-electron chi connectivity index (χ3n) is 2.71. The van der Waals surface area contributed by atoms with Crippen LogP contribution in [0, 0.1) is 0 Å². The summed E-state index contributed by atoms with van der Waals surface area (Å²) in [5.74, 6) is 0. The van der Waals surface area contributed by atoms with Crippen LogP contribution in [0.2, 0.25) is 0 Å². The van der Waals surface area contributed by atoms with Gasteiger partial charge in [0.2, 0.25) is 0 Å². The van der Waals surface area contributed by atoms with Crippen LogP contribution in [0.3, 0.4) is 0 Å². The second kappa shape index (κ2) is 3.35. The van der Waals surface area contributed by atoms with Crippen molar-refractivity contribution in [2.24, 2.45) is 5.73 Å². The topological polar surface area (TPSA) is 38.9 Å². The third-order valence-corrected chi connectivity index (χ3v) is 3.30. The standard InChI is InChI=1S/C9H13FN2S/c10-9(8-5-13-6-12-8)3-1-7(11)2-4-9/h5-7H,1-4,11H2. The minimum absolute atomic E-state index is 0.183. The Morgan fingerprint density at radius 2 is 2.23 bits per heavy atom. The molecule has 1 aliphatic rings. The first kappa shape index (κ1) is 9.09. The maximum Gasteiger partial charge on any atom is 0.153 e. The molecule has 0 radical (unpaired) electrons. The van der Waals surface area contributed by atoms with Crippen molar-refractivity contribution in [2.45, 2.75) is 37.4 Å². The highest BCUT2D eigenvalue weighted by Crippen LogP contribution is 2.39. The van der Waals surface area contributed by atoms with Crippen molar-refractivity contribution < 1.29 is 4.39 Å². The molecule has 1 aliphatic carbocycles. The van der Waals surface area contributed by atoms with Gasteiger partial charge in [0.15, 0.2) is 5.67 Å². The third kappa shape index (κ3) is 1.74. The van der Waals surface area contributed by atoms with Gasteiger partial charge < -0.3 is 5.73 Å². The van der Waals surface area contributed by atoms with Crippen LogP contribution in [-0.4, -0.2) is 11.0 Å². The molecule has 1 fully saturated rings. The highest BCUT2D eigenvalue weighted by Gasteiger charge is 2.37. The van der Waals surface area contributed by atoms with E-state index >= 15 is 0 Å². The van der Waals surface area contributed by atoms with E-state index in [0.29, 0.717) is 18.5 Å². The number of hydrogen-bond donors (Lipinski definition) is 1. The fourth-order valence-corrected chi connectivity index (χ4v) is 2.42. The summed E-state index contributed by atoms with van der Waals surface area (Å²) in [4.78, 5) is 4.04. The maximum atomic E-state index is 14.2. The lowest BCUT2D eigenvalue weighted by Gasteiger charge is -2.30. The van der Waals surface area contributed by atoms with Crippen LogP contribution in [-0.2, 0) is 5.67 Å². The molecule has 2 rings (SSSR count). The van der Waals surface area contributed by atoms with Gasteiger partial charge in [0.25, 0.3) is 0 Å². The van der Waals surface area contributed by atoms with E-state index < -0.39 is 5.67 Å². The van der Waals surface area contributed by atoms with E-state index in [1.165, 1.54) is 11.3 Å². The number of halogens is 1. The van der Waals surface area contributed by atoms with E-state index in [1.807, 2.05) is 0 Å². The van der Waals surface area contributed by atoms with E-state index in [1.54, 1.807) is 10.9 Å². The average Bonchev–Trinajstić information content (AvgIpc) is 2.63. The van der Waals surface area contributed by atoms with Gasteiger partial charge in [-0.15, -0.1) is 11.3 Å². The molecule has 2 N–H and O–H groups in total. The first-order chi connectivity index (χ1) is 6.21. The molecule has 2 nitrogen and oxygen atoms in total. The van der Waals surface area contributed by atoms with E-state index in [4.69, 9.17) is 5.73 Å². The van der Waals surface area contributed by atoms with Gasteiger partial charge in [-0.05, 0) is 25.7 Å². The summed E-state index contributed by atoms with van der Waals surface area (Å²) in [5.41, 5.74) is 6.81. The SMILES string of the molecule is NC1CCC(F)(c2cscn2)CC1. The quantitative estimate of drug-likeness (QED) is 0.755. The number of nitrogens with zero attached hydrogens (tertiary/aromatic N) is 1. The molecule has 4 heteroatoms. The Morgan fingerprint density at radius 1 is 1.54 bits per heavy atom.